The number of hydrogen-bond donors (Lipinski definition) is 2. The van der Waals surface area contributed by atoms with Gasteiger partial charge >= 0.3 is 5.97 Å². The third-order valence-electron chi connectivity index (χ3n) is 6.44. The van der Waals surface area contributed by atoms with Gasteiger partial charge in [0.25, 0.3) is 0 Å². The molecule has 3 rings (SSSR count). The predicted octanol–water partition coefficient (Wildman–Crippen LogP) is 5.12. The summed E-state index contributed by atoms with van der Waals surface area (Å²) in [7, 11) is 0. The first kappa shape index (κ1) is 28.3. The van der Waals surface area contributed by atoms with Crippen LogP contribution in [0.15, 0.2) is 60.8 Å². The lowest BCUT2D eigenvalue weighted by atomic mass is 9.89. The number of carbonyl (C=O) groups is 2. The maximum atomic E-state index is 13.1. The maximum absolute atomic E-state index is 13.1. The molecule has 3 aromatic rings. The number of amides is 1. The van der Waals surface area contributed by atoms with E-state index in [0.29, 0.717) is 36.3 Å². The van der Waals surface area contributed by atoms with Crippen LogP contribution in [0.4, 0.5) is 0 Å². The van der Waals surface area contributed by atoms with E-state index in [2.05, 4.69) is 36.1 Å². The number of hydrogen-bond acceptors (Lipinski definition) is 6. The number of esters is 1. The van der Waals surface area contributed by atoms with E-state index in [1.165, 1.54) is 6.20 Å². The summed E-state index contributed by atoms with van der Waals surface area (Å²) in [5, 5.41) is 14.3. The molecule has 0 bridgehead atoms. The average molecular weight is 506 g/mol. The zero-order chi connectivity index (χ0) is 26.6. The number of ether oxygens (including phenoxy) is 1. The van der Waals surface area contributed by atoms with Crippen LogP contribution in [0.25, 0.3) is 11.0 Å². The number of aliphatic hydroxyl groups excluding tert-OH is 1. The fourth-order valence-corrected chi connectivity index (χ4v) is 4.22. The van der Waals surface area contributed by atoms with Crippen molar-refractivity contribution in [2.75, 3.05) is 6.54 Å². The number of fused-ring (bicyclic) bond motifs is 1. The summed E-state index contributed by atoms with van der Waals surface area (Å²) in [5.74, 6) is -0.637. The molecule has 1 aromatic heterocycles. The summed E-state index contributed by atoms with van der Waals surface area (Å²) < 4.78 is 5.83. The zero-order valence-electron chi connectivity index (χ0n) is 22.1. The van der Waals surface area contributed by atoms with Crippen LogP contribution in [-0.2, 0) is 16.0 Å². The first-order valence-corrected chi connectivity index (χ1v) is 13.3. The molecule has 198 valence electrons. The Labute approximate surface area is 219 Å². The minimum atomic E-state index is -1.02. The van der Waals surface area contributed by atoms with Crippen molar-refractivity contribution in [1.82, 2.24) is 15.3 Å². The van der Waals surface area contributed by atoms with Gasteiger partial charge in [0, 0.05) is 18.9 Å². The topological polar surface area (TPSA) is 101 Å². The van der Waals surface area contributed by atoms with E-state index in [0.717, 1.165) is 24.8 Å². The molecule has 0 fully saturated rings. The Kier molecular flexibility index (Phi) is 11.0. The second-order valence-electron chi connectivity index (χ2n) is 9.99. The first-order chi connectivity index (χ1) is 17.9. The Bertz CT molecular complexity index is 1140. The quantitative estimate of drug-likeness (QED) is 0.233. The summed E-state index contributed by atoms with van der Waals surface area (Å²) in [5.41, 5.74) is 2.28. The minimum absolute atomic E-state index is 0.0571. The highest BCUT2D eigenvalue weighted by molar-refractivity contribution is 5.89. The van der Waals surface area contributed by atoms with Crippen molar-refractivity contribution >= 4 is 22.9 Å². The van der Waals surface area contributed by atoms with Crippen LogP contribution >= 0.6 is 0 Å². The van der Waals surface area contributed by atoms with Crippen molar-refractivity contribution < 1.29 is 19.4 Å². The van der Waals surface area contributed by atoms with Gasteiger partial charge in [-0.2, -0.15) is 0 Å². The Hall–Kier alpha value is -3.32. The molecule has 37 heavy (non-hydrogen) atoms. The van der Waals surface area contributed by atoms with Gasteiger partial charge in [-0.25, -0.2) is 9.78 Å². The van der Waals surface area contributed by atoms with Crippen LogP contribution in [0.1, 0.15) is 68.9 Å². The molecule has 3 atom stereocenters. The molecule has 7 nitrogen and oxygen atoms in total. The molecule has 0 radical (unpaired) electrons. The van der Waals surface area contributed by atoms with Crippen molar-refractivity contribution in [1.29, 1.82) is 0 Å². The second-order valence-corrected chi connectivity index (χ2v) is 9.99. The molecule has 2 N–H and O–H groups in total. The van der Waals surface area contributed by atoms with Gasteiger partial charge in [0.15, 0.2) is 5.69 Å². The normalized spacial score (nSPS) is 13.8. The van der Waals surface area contributed by atoms with Gasteiger partial charge < -0.3 is 15.2 Å². The molecule has 0 aliphatic carbocycles. The van der Waals surface area contributed by atoms with Crippen LogP contribution in [0.5, 0.6) is 0 Å². The Morgan fingerprint density at radius 2 is 1.70 bits per heavy atom. The number of unbranched alkanes of at least 4 members (excludes halogenated alkanes) is 1. The van der Waals surface area contributed by atoms with Gasteiger partial charge in [-0.05, 0) is 42.9 Å². The molecular formula is C30H39N3O4. The van der Waals surface area contributed by atoms with E-state index >= 15 is 0 Å². The van der Waals surface area contributed by atoms with Crippen molar-refractivity contribution in [3.63, 3.8) is 0 Å². The lowest BCUT2D eigenvalue weighted by Gasteiger charge is -2.27. The number of nitrogens with zero attached hydrogens (tertiary/aromatic N) is 2. The van der Waals surface area contributed by atoms with Crippen molar-refractivity contribution in [3.05, 3.63) is 72.1 Å². The fourth-order valence-electron chi connectivity index (χ4n) is 4.22. The lowest BCUT2D eigenvalue weighted by Crippen LogP contribution is -2.39. The maximum Gasteiger partial charge on any atom is 0.358 e. The monoisotopic (exact) mass is 505 g/mol. The Morgan fingerprint density at radius 1 is 1.00 bits per heavy atom. The molecular weight excluding hydrogens is 466 g/mol. The van der Waals surface area contributed by atoms with E-state index in [9.17, 15) is 14.7 Å². The van der Waals surface area contributed by atoms with Gasteiger partial charge in [-0.1, -0.05) is 76.1 Å². The Morgan fingerprint density at radius 3 is 2.41 bits per heavy atom. The van der Waals surface area contributed by atoms with Gasteiger partial charge in [0.1, 0.15) is 6.10 Å². The smallest absolute Gasteiger partial charge is 0.358 e. The lowest BCUT2D eigenvalue weighted by molar-refractivity contribution is -0.127. The second kappa shape index (κ2) is 14.4. The van der Waals surface area contributed by atoms with E-state index < -0.39 is 18.2 Å². The summed E-state index contributed by atoms with van der Waals surface area (Å²) in [6.45, 7) is 6.93. The molecule has 0 spiro atoms. The highest BCUT2D eigenvalue weighted by Gasteiger charge is 2.30. The molecule has 2 aromatic carbocycles. The number of para-hydroxylation sites is 2. The van der Waals surface area contributed by atoms with Crippen molar-refractivity contribution in [2.45, 2.75) is 71.5 Å². The van der Waals surface area contributed by atoms with Crippen molar-refractivity contribution in [3.8, 4) is 0 Å². The summed E-state index contributed by atoms with van der Waals surface area (Å²) in [4.78, 5) is 34.8. The summed E-state index contributed by atoms with van der Waals surface area (Å²) in [6, 6.07) is 16.9. The van der Waals surface area contributed by atoms with Crippen molar-refractivity contribution in [2.24, 2.45) is 11.8 Å². The molecule has 7 heteroatoms. The van der Waals surface area contributed by atoms with Gasteiger partial charge in [-0.15, -0.1) is 0 Å². The number of benzene rings is 2. The fraction of sp³-hybridized carbons (Fsp3) is 0.467. The Balaban J connectivity index is 1.78. The number of aliphatic hydroxyl groups is 1. The van der Waals surface area contributed by atoms with E-state index in [1.807, 2.05) is 48.5 Å². The largest absolute Gasteiger partial charge is 0.454 e. The summed E-state index contributed by atoms with van der Waals surface area (Å²) in [6.07, 6.45) is 3.49. The summed E-state index contributed by atoms with van der Waals surface area (Å²) >= 11 is 0. The SMILES string of the molecule is CCCCNC(=O)[C@H](CCC(C)C)C[C@H](O)[C@H](Cc1ccccc1)OC(=O)c1cnc2ccccc2n1. The molecule has 0 saturated carbocycles. The molecule has 0 unspecified atom stereocenters. The van der Waals surface area contributed by atoms with Gasteiger partial charge in [0.2, 0.25) is 5.91 Å². The average Bonchev–Trinajstić information content (AvgIpc) is 2.90. The van der Waals surface area contributed by atoms with Crippen LogP contribution in [0, 0.1) is 11.8 Å². The van der Waals surface area contributed by atoms with Crippen LogP contribution in [0.2, 0.25) is 0 Å². The first-order valence-electron chi connectivity index (χ1n) is 13.3. The highest BCUT2D eigenvalue weighted by atomic mass is 16.6. The predicted molar refractivity (Wildman–Crippen MR) is 145 cm³/mol. The minimum Gasteiger partial charge on any atom is -0.454 e. The third-order valence-corrected chi connectivity index (χ3v) is 6.44. The standard InChI is InChI=1S/C30H39N3O4/c1-4-5-17-31-29(35)23(16-15-21(2)3)19-27(34)28(18-22-11-7-6-8-12-22)37-30(36)26-20-32-24-13-9-10-14-25(24)33-26/h6-14,20-21,23,27-28,34H,4-5,15-19H2,1-3H3,(H,31,35)/t23-,27+,28+/m1/s1. The van der Waals surface area contributed by atoms with E-state index in [-0.39, 0.29) is 23.9 Å². The van der Waals surface area contributed by atoms with Gasteiger partial charge in [-0.3, -0.25) is 9.78 Å². The van der Waals surface area contributed by atoms with E-state index in [4.69, 9.17) is 4.74 Å². The molecule has 0 aliphatic rings. The number of carbonyl (C=O) groups excluding carboxylic acids is 2. The zero-order valence-corrected chi connectivity index (χ0v) is 22.1. The molecule has 0 saturated heterocycles. The third kappa shape index (κ3) is 8.93. The number of rotatable bonds is 14. The van der Waals surface area contributed by atoms with Crippen LogP contribution < -0.4 is 5.32 Å². The highest BCUT2D eigenvalue weighted by Crippen LogP contribution is 2.23. The van der Waals surface area contributed by atoms with Gasteiger partial charge in [0.05, 0.1) is 23.3 Å². The van der Waals surface area contributed by atoms with Crippen LogP contribution in [0.3, 0.4) is 0 Å². The molecule has 1 amide bonds. The van der Waals surface area contributed by atoms with E-state index in [1.54, 1.807) is 6.07 Å². The number of nitrogens with one attached hydrogen (secondary N) is 1. The van der Waals surface area contributed by atoms with Crippen LogP contribution in [-0.4, -0.2) is 45.7 Å². The number of aromatic nitrogens is 2. The molecule has 0 aliphatic heterocycles. The molecule has 1 heterocycles.